The molecule has 0 saturated carbocycles. The van der Waals surface area contributed by atoms with Gasteiger partial charge in [-0.05, 0) is 12.1 Å². The molecule has 0 radical (unpaired) electrons. The monoisotopic (exact) mass is 339 g/mol. The molecule has 0 aliphatic rings. The minimum Gasteiger partial charge on any atom is -0.398 e. The van der Waals surface area contributed by atoms with Crippen molar-refractivity contribution in [2.75, 3.05) is 29.5 Å². The molecule has 10 heteroatoms. The maximum atomic E-state index is 11.6. The molecule has 1 rings (SSSR count). The number of anilines is 1. The summed E-state index contributed by atoms with van der Waals surface area (Å²) in [6, 6.07) is 7.16. The molecule has 0 aliphatic heterocycles. The first kappa shape index (κ1) is 17.2. The van der Waals surface area contributed by atoms with Gasteiger partial charge < -0.3 is 5.73 Å². The van der Waals surface area contributed by atoms with Gasteiger partial charge in [0.05, 0.1) is 11.5 Å². The van der Waals surface area contributed by atoms with Gasteiger partial charge in [0, 0.05) is 22.9 Å². The molecule has 0 fully saturated rings. The van der Waals surface area contributed by atoms with Gasteiger partial charge in [0.1, 0.15) is 0 Å². The molecule has 0 spiro atoms. The first-order chi connectivity index (χ1) is 9.20. The van der Waals surface area contributed by atoms with Gasteiger partial charge in [-0.25, -0.2) is 26.7 Å². The Morgan fingerprint density at radius 1 is 1.10 bits per heavy atom. The minimum atomic E-state index is -3.66. The molecule has 0 amide bonds. The maximum absolute atomic E-state index is 11.6. The van der Waals surface area contributed by atoms with Gasteiger partial charge >= 0.3 is 0 Å². The molecule has 0 heterocycles. The van der Waals surface area contributed by atoms with Crippen molar-refractivity contribution >= 4 is 37.5 Å². The number of nitrogens with one attached hydrogen (secondary N) is 1. The third-order valence-electron chi connectivity index (χ3n) is 2.24. The summed E-state index contributed by atoms with van der Waals surface area (Å²) in [5, 5.41) is 4.78. The van der Waals surface area contributed by atoms with E-state index >= 15 is 0 Å². The SMILES string of the molecule is Nc1ccccc1SCCS(=O)(=O)NCCS(N)(=O)=O. The summed E-state index contributed by atoms with van der Waals surface area (Å²) in [4.78, 5) is 0.812. The zero-order valence-electron chi connectivity index (χ0n) is 10.7. The Balaban J connectivity index is 2.39. The standard InChI is InChI=1S/C10H17N3O4S3/c11-9-3-1-2-4-10(9)18-6-8-20(16,17)13-5-7-19(12,14)15/h1-4,13H,5-8,11H2,(H2,12,14,15). The van der Waals surface area contributed by atoms with Gasteiger partial charge in [0.15, 0.2) is 0 Å². The fourth-order valence-electron chi connectivity index (χ4n) is 1.28. The Bertz CT molecular complexity index is 643. The first-order valence-corrected chi connectivity index (χ1v) is 10.00. The number of hydrogen-bond donors (Lipinski definition) is 3. The Labute approximate surface area is 123 Å². The number of sulfonamides is 2. The predicted octanol–water partition coefficient (Wildman–Crippen LogP) is -0.431. The average Bonchev–Trinajstić information content (AvgIpc) is 2.29. The van der Waals surface area contributed by atoms with Crippen molar-refractivity contribution in [2.24, 2.45) is 5.14 Å². The summed E-state index contributed by atoms with van der Waals surface area (Å²) < 4.78 is 46.7. The quantitative estimate of drug-likeness (QED) is 0.435. The van der Waals surface area contributed by atoms with Crippen molar-refractivity contribution in [1.82, 2.24) is 4.72 Å². The molecule has 20 heavy (non-hydrogen) atoms. The lowest BCUT2D eigenvalue weighted by Gasteiger charge is -2.07. The molecule has 0 aromatic heterocycles. The van der Waals surface area contributed by atoms with Crippen LogP contribution in [0.4, 0.5) is 5.69 Å². The third kappa shape index (κ3) is 7.10. The van der Waals surface area contributed by atoms with E-state index in [1.165, 1.54) is 11.8 Å². The summed E-state index contributed by atoms with van der Waals surface area (Å²) >= 11 is 1.33. The zero-order valence-corrected chi connectivity index (χ0v) is 13.1. The molecular formula is C10H17N3O4S3. The van der Waals surface area contributed by atoms with Crippen LogP contribution in [0.2, 0.25) is 0 Å². The van der Waals surface area contributed by atoms with E-state index in [-0.39, 0.29) is 12.3 Å². The number of rotatable bonds is 8. The average molecular weight is 339 g/mol. The highest BCUT2D eigenvalue weighted by atomic mass is 32.2. The van der Waals surface area contributed by atoms with Crippen molar-refractivity contribution in [2.45, 2.75) is 4.90 Å². The van der Waals surface area contributed by atoms with Crippen LogP contribution in [0.15, 0.2) is 29.2 Å². The smallest absolute Gasteiger partial charge is 0.212 e. The largest absolute Gasteiger partial charge is 0.398 e. The van der Waals surface area contributed by atoms with Crippen LogP contribution in [-0.4, -0.2) is 40.6 Å². The van der Waals surface area contributed by atoms with Gasteiger partial charge in [0.25, 0.3) is 0 Å². The molecule has 1 aromatic carbocycles. The second kappa shape index (κ2) is 7.27. The van der Waals surface area contributed by atoms with Gasteiger partial charge in [-0.2, -0.15) is 0 Å². The fourth-order valence-corrected chi connectivity index (χ4v) is 4.20. The summed E-state index contributed by atoms with van der Waals surface area (Å²) in [6.45, 7) is -0.223. The van der Waals surface area contributed by atoms with Crippen molar-refractivity contribution in [1.29, 1.82) is 0 Å². The van der Waals surface area contributed by atoms with Crippen LogP contribution >= 0.6 is 11.8 Å². The number of primary sulfonamides is 1. The summed E-state index contributed by atoms with van der Waals surface area (Å²) in [7, 11) is -7.18. The van der Waals surface area contributed by atoms with Crippen LogP contribution < -0.4 is 15.6 Å². The first-order valence-electron chi connectivity index (χ1n) is 5.65. The summed E-state index contributed by atoms with van der Waals surface area (Å²) in [6.07, 6.45) is 0. The Morgan fingerprint density at radius 3 is 2.35 bits per heavy atom. The molecule has 5 N–H and O–H groups in total. The van der Waals surface area contributed by atoms with Crippen LogP contribution in [0, 0.1) is 0 Å². The van der Waals surface area contributed by atoms with E-state index in [0.29, 0.717) is 11.4 Å². The van der Waals surface area contributed by atoms with E-state index in [0.717, 1.165) is 4.90 Å². The molecule has 0 atom stereocenters. The second-order valence-corrected chi connectivity index (χ2v) is 8.76. The lowest BCUT2D eigenvalue weighted by atomic mass is 10.3. The van der Waals surface area contributed by atoms with Gasteiger partial charge in [-0.1, -0.05) is 12.1 Å². The predicted molar refractivity (Wildman–Crippen MR) is 81.3 cm³/mol. The summed E-state index contributed by atoms with van der Waals surface area (Å²) in [5.41, 5.74) is 6.33. The number of benzene rings is 1. The molecule has 0 bridgehead atoms. The lowest BCUT2D eigenvalue weighted by Crippen LogP contribution is -2.33. The van der Waals surface area contributed by atoms with Crippen LogP contribution in [0.3, 0.4) is 0 Å². The Morgan fingerprint density at radius 2 is 1.75 bits per heavy atom. The second-order valence-electron chi connectivity index (χ2n) is 3.97. The molecule has 0 saturated heterocycles. The number of para-hydroxylation sites is 1. The fraction of sp³-hybridized carbons (Fsp3) is 0.400. The van der Waals surface area contributed by atoms with Crippen molar-refractivity contribution < 1.29 is 16.8 Å². The Hall–Kier alpha value is -0.810. The molecule has 0 unspecified atom stereocenters. The normalized spacial score (nSPS) is 12.4. The van der Waals surface area contributed by atoms with Crippen LogP contribution in [0.25, 0.3) is 0 Å². The molecular weight excluding hydrogens is 322 g/mol. The molecule has 7 nitrogen and oxygen atoms in total. The van der Waals surface area contributed by atoms with Crippen molar-refractivity contribution in [3.63, 3.8) is 0 Å². The van der Waals surface area contributed by atoms with Crippen LogP contribution in [-0.2, 0) is 20.0 Å². The van der Waals surface area contributed by atoms with Gasteiger partial charge in [-0.3, -0.25) is 0 Å². The topological polar surface area (TPSA) is 132 Å². The van der Waals surface area contributed by atoms with E-state index in [9.17, 15) is 16.8 Å². The van der Waals surface area contributed by atoms with E-state index < -0.39 is 25.8 Å². The molecule has 114 valence electrons. The van der Waals surface area contributed by atoms with Crippen molar-refractivity contribution in [3.8, 4) is 0 Å². The number of nitrogens with two attached hydrogens (primary N) is 2. The molecule has 1 aromatic rings. The third-order valence-corrected chi connectivity index (χ3v) is 5.75. The lowest BCUT2D eigenvalue weighted by molar-refractivity contribution is 0.582. The summed E-state index contributed by atoms with van der Waals surface area (Å²) in [5.74, 6) is -0.236. The van der Waals surface area contributed by atoms with Gasteiger partial charge in [-0.15, -0.1) is 11.8 Å². The minimum absolute atomic E-state index is 0.128. The number of nitrogen functional groups attached to an aromatic ring is 1. The van der Waals surface area contributed by atoms with E-state index in [1.54, 1.807) is 18.2 Å². The number of thioether (sulfide) groups is 1. The van der Waals surface area contributed by atoms with E-state index in [1.807, 2.05) is 6.07 Å². The van der Waals surface area contributed by atoms with Crippen molar-refractivity contribution in [3.05, 3.63) is 24.3 Å². The Kier molecular flexibility index (Phi) is 6.27. The highest BCUT2D eigenvalue weighted by Gasteiger charge is 2.12. The number of hydrogen-bond acceptors (Lipinski definition) is 6. The highest BCUT2D eigenvalue weighted by Crippen LogP contribution is 2.24. The van der Waals surface area contributed by atoms with Crippen LogP contribution in [0.5, 0.6) is 0 Å². The maximum Gasteiger partial charge on any atom is 0.212 e. The van der Waals surface area contributed by atoms with E-state index in [2.05, 4.69) is 4.72 Å². The zero-order chi connectivity index (χ0) is 15.2. The molecule has 0 aliphatic carbocycles. The van der Waals surface area contributed by atoms with Crippen LogP contribution in [0.1, 0.15) is 0 Å². The van der Waals surface area contributed by atoms with E-state index in [4.69, 9.17) is 10.9 Å². The highest BCUT2D eigenvalue weighted by molar-refractivity contribution is 8.00. The van der Waals surface area contributed by atoms with Gasteiger partial charge in [0.2, 0.25) is 20.0 Å².